The van der Waals surface area contributed by atoms with Crippen LogP contribution in [0.3, 0.4) is 0 Å². The topological polar surface area (TPSA) is 29.0 Å². The molecule has 3 nitrogen and oxygen atoms in total. The zero-order valence-electron chi connectivity index (χ0n) is 9.97. The Kier molecular flexibility index (Phi) is 3.59. The van der Waals surface area contributed by atoms with Crippen molar-refractivity contribution in [3.63, 3.8) is 0 Å². The lowest BCUT2D eigenvalue weighted by Crippen LogP contribution is -2.26. The third kappa shape index (κ3) is 2.55. The van der Waals surface area contributed by atoms with Gasteiger partial charge in [0, 0.05) is 31.2 Å². The highest BCUT2D eigenvalue weighted by Gasteiger charge is 2.16. The zero-order chi connectivity index (χ0) is 12.4. The molecule has 0 spiro atoms. The summed E-state index contributed by atoms with van der Waals surface area (Å²) in [7, 11) is 0. The average molecular weight is 280 g/mol. The Balaban J connectivity index is 1.70. The van der Waals surface area contributed by atoms with Gasteiger partial charge in [-0.25, -0.2) is 0 Å². The second-order valence-corrected chi connectivity index (χ2v) is 5.89. The van der Waals surface area contributed by atoms with E-state index in [0.717, 1.165) is 42.5 Å². The minimum Gasteiger partial charge on any atom is -0.297 e. The maximum atomic E-state index is 6.06. The van der Waals surface area contributed by atoms with E-state index in [1.807, 2.05) is 0 Å². The molecule has 0 unspecified atom stereocenters. The molecular weight excluding hydrogens is 266 g/mol. The fourth-order valence-electron chi connectivity index (χ4n) is 2.38. The van der Waals surface area contributed by atoms with Crippen molar-refractivity contribution in [1.29, 1.82) is 0 Å². The first-order chi connectivity index (χ1) is 8.83. The maximum absolute atomic E-state index is 6.06. The van der Waals surface area contributed by atoms with Crippen molar-refractivity contribution in [3.05, 3.63) is 45.4 Å². The molecule has 1 aliphatic heterocycles. The first-order valence-corrected chi connectivity index (χ1v) is 7.24. The second-order valence-electron chi connectivity index (χ2n) is 4.54. The van der Waals surface area contributed by atoms with Crippen LogP contribution < -0.4 is 0 Å². The molecule has 94 valence electrons. The summed E-state index contributed by atoms with van der Waals surface area (Å²) in [6.07, 6.45) is 2.21. The van der Waals surface area contributed by atoms with Crippen molar-refractivity contribution in [1.82, 2.24) is 14.5 Å². The Hall–Kier alpha value is -0.970. The lowest BCUT2D eigenvalue weighted by atomic mass is 10.0. The molecule has 0 bridgehead atoms. The van der Waals surface area contributed by atoms with Crippen molar-refractivity contribution in [2.24, 2.45) is 0 Å². The number of benzene rings is 1. The molecule has 1 aromatic carbocycles. The van der Waals surface area contributed by atoms with Crippen LogP contribution in [0.25, 0.3) is 0 Å². The summed E-state index contributed by atoms with van der Waals surface area (Å²) >= 11 is 7.32. The molecule has 0 amide bonds. The zero-order valence-corrected chi connectivity index (χ0v) is 11.5. The second kappa shape index (κ2) is 5.34. The molecule has 1 aliphatic rings. The van der Waals surface area contributed by atoms with Crippen LogP contribution in [-0.4, -0.2) is 27.6 Å². The van der Waals surface area contributed by atoms with E-state index < -0.39 is 0 Å². The summed E-state index contributed by atoms with van der Waals surface area (Å²) in [4.78, 5) is 2.41. The van der Waals surface area contributed by atoms with Gasteiger partial charge in [0.25, 0.3) is 0 Å². The minimum absolute atomic E-state index is 0.719. The Bertz CT molecular complexity index is 514. The fourth-order valence-corrected chi connectivity index (χ4v) is 2.99. The van der Waals surface area contributed by atoms with Crippen LogP contribution in [0.5, 0.6) is 0 Å². The van der Waals surface area contributed by atoms with Gasteiger partial charge in [-0.05, 0) is 24.0 Å². The normalized spacial score (nSPS) is 16.3. The van der Waals surface area contributed by atoms with Gasteiger partial charge in [-0.2, -0.15) is 0 Å². The summed E-state index contributed by atoms with van der Waals surface area (Å²) in [6.45, 7) is 2.93. The minimum atomic E-state index is 0.719. The Morgan fingerprint density at radius 2 is 1.83 bits per heavy atom. The summed E-state index contributed by atoms with van der Waals surface area (Å²) < 4.78 is 4.60. The first kappa shape index (κ1) is 12.1. The van der Waals surface area contributed by atoms with Gasteiger partial charge in [0.1, 0.15) is 10.0 Å². The number of hydrogen-bond acceptors (Lipinski definition) is 4. The third-order valence-electron chi connectivity index (χ3n) is 3.40. The Morgan fingerprint density at radius 1 is 1.17 bits per heavy atom. The highest BCUT2D eigenvalue weighted by atomic mass is 35.5. The molecule has 0 saturated heterocycles. The van der Waals surface area contributed by atoms with Crippen molar-refractivity contribution in [3.8, 4) is 0 Å². The van der Waals surface area contributed by atoms with Gasteiger partial charge in [0.15, 0.2) is 0 Å². The van der Waals surface area contributed by atoms with E-state index in [4.69, 9.17) is 11.6 Å². The summed E-state index contributed by atoms with van der Waals surface area (Å²) in [5, 5.41) is 4.08. The highest BCUT2D eigenvalue weighted by molar-refractivity contribution is 7.10. The number of halogens is 1. The lowest BCUT2D eigenvalue weighted by Gasteiger charge is -2.18. The van der Waals surface area contributed by atoms with E-state index in [1.165, 1.54) is 22.7 Å². The maximum Gasteiger partial charge on any atom is 0.138 e. The van der Waals surface area contributed by atoms with Crippen molar-refractivity contribution < 1.29 is 0 Å². The molecule has 0 saturated carbocycles. The van der Waals surface area contributed by atoms with E-state index >= 15 is 0 Å². The number of rotatable bonds is 2. The van der Waals surface area contributed by atoms with Crippen molar-refractivity contribution >= 4 is 23.1 Å². The van der Waals surface area contributed by atoms with Crippen LogP contribution >= 0.6 is 23.1 Å². The van der Waals surface area contributed by atoms with E-state index in [1.54, 1.807) is 0 Å². The molecule has 3 rings (SSSR count). The van der Waals surface area contributed by atoms with Gasteiger partial charge >= 0.3 is 0 Å². The van der Waals surface area contributed by atoms with Gasteiger partial charge in [-0.3, -0.25) is 4.90 Å². The van der Waals surface area contributed by atoms with Crippen LogP contribution in [-0.2, 0) is 19.4 Å². The first-order valence-electron chi connectivity index (χ1n) is 6.09. The van der Waals surface area contributed by atoms with E-state index in [2.05, 4.69) is 38.8 Å². The summed E-state index contributed by atoms with van der Waals surface area (Å²) in [5.74, 6) is 0. The molecule has 0 atom stereocenters. The van der Waals surface area contributed by atoms with Gasteiger partial charge in [0.2, 0.25) is 0 Å². The van der Waals surface area contributed by atoms with Crippen molar-refractivity contribution in [2.45, 2.75) is 19.4 Å². The molecule has 1 aromatic heterocycles. The number of hydrogen-bond donors (Lipinski definition) is 0. The van der Waals surface area contributed by atoms with Gasteiger partial charge in [-0.15, -0.1) is 5.10 Å². The molecule has 0 N–H and O–H groups in total. The standard InChI is InChI=1S/C13H14ClN3S/c14-13-12(15-16-18-13)9-17-7-5-10-3-1-2-4-11(10)6-8-17/h1-4H,5-9H2. The Morgan fingerprint density at radius 3 is 2.39 bits per heavy atom. The number of nitrogens with zero attached hydrogens (tertiary/aromatic N) is 3. The summed E-state index contributed by atoms with van der Waals surface area (Å²) in [5.41, 5.74) is 3.86. The molecule has 2 heterocycles. The highest BCUT2D eigenvalue weighted by Crippen LogP contribution is 2.21. The van der Waals surface area contributed by atoms with Gasteiger partial charge in [-0.1, -0.05) is 40.4 Å². The average Bonchev–Trinajstić information content (AvgIpc) is 2.68. The SMILES string of the molecule is Clc1snnc1CN1CCc2ccccc2CC1. The molecule has 0 aliphatic carbocycles. The monoisotopic (exact) mass is 279 g/mol. The van der Waals surface area contributed by atoms with Crippen molar-refractivity contribution in [2.75, 3.05) is 13.1 Å². The summed E-state index contributed by atoms with van der Waals surface area (Å²) in [6, 6.07) is 8.71. The van der Waals surface area contributed by atoms with E-state index in [9.17, 15) is 0 Å². The van der Waals surface area contributed by atoms with E-state index in [-0.39, 0.29) is 0 Å². The third-order valence-corrected chi connectivity index (χ3v) is 4.38. The molecule has 5 heteroatoms. The van der Waals surface area contributed by atoms with Crippen LogP contribution in [0.1, 0.15) is 16.8 Å². The predicted molar refractivity (Wildman–Crippen MR) is 74.0 cm³/mol. The predicted octanol–water partition coefficient (Wildman–Crippen LogP) is 2.79. The molecular formula is C13H14ClN3S. The lowest BCUT2D eigenvalue weighted by molar-refractivity contribution is 0.276. The largest absolute Gasteiger partial charge is 0.297 e. The molecule has 2 aromatic rings. The number of fused-ring (bicyclic) bond motifs is 1. The van der Waals surface area contributed by atoms with E-state index in [0.29, 0.717) is 0 Å². The van der Waals surface area contributed by atoms with Gasteiger partial charge < -0.3 is 0 Å². The van der Waals surface area contributed by atoms with Crippen LogP contribution in [0.4, 0.5) is 0 Å². The van der Waals surface area contributed by atoms with Crippen LogP contribution in [0.15, 0.2) is 24.3 Å². The molecule has 18 heavy (non-hydrogen) atoms. The van der Waals surface area contributed by atoms with Crippen LogP contribution in [0, 0.1) is 0 Å². The van der Waals surface area contributed by atoms with Gasteiger partial charge in [0.05, 0.1) is 0 Å². The Labute approximate surface area is 116 Å². The van der Waals surface area contributed by atoms with Crippen LogP contribution in [0.2, 0.25) is 4.34 Å². The quantitative estimate of drug-likeness (QED) is 0.846. The number of aromatic nitrogens is 2. The smallest absolute Gasteiger partial charge is 0.138 e. The fraction of sp³-hybridized carbons (Fsp3) is 0.385. The molecule has 0 radical (unpaired) electrons. The molecule has 0 fully saturated rings.